The number of rotatable bonds is 4. The van der Waals surface area contributed by atoms with E-state index in [4.69, 9.17) is 4.74 Å². The highest BCUT2D eigenvalue weighted by Gasteiger charge is 2.26. The van der Waals surface area contributed by atoms with Crippen LogP contribution in [0.5, 0.6) is 5.75 Å². The lowest BCUT2D eigenvalue weighted by Gasteiger charge is -2.30. The fourth-order valence-electron chi connectivity index (χ4n) is 3.24. The molecular weight excluding hydrogens is 364 g/mol. The maximum absolute atomic E-state index is 12.5. The number of carbonyl (C=O) groups is 2. The van der Waals surface area contributed by atoms with Crippen molar-refractivity contribution in [3.05, 3.63) is 89.0 Å². The van der Waals surface area contributed by atoms with Crippen LogP contribution in [0.2, 0.25) is 0 Å². The number of fused-ring (bicyclic) bond motifs is 1. The van der Waals surface area contributed by atoms with E-state index in [0.29, 0.717) is 29.2 Å². The Morgan fingerprint density at radius 1 is 0.966 bits per heavy atom. The third-order valence-electron chi connectivity index (χ3n) is 4.94. The van der Waals surface area contributed by atoms with E-state index in [1.807, 2.05) is 56.3 Å². The second kappa shape index (κ2) is 7.80. The van der Waals surface area contributed by atoms with Crippen molar-refractivity contribution in [1.29, 1.82) is 0 Å². The molecule has 0 saturated heterocycles. The molecule has 1 N–H and O–H groups in total. The summed E-state index contributed by atoms with van der Waals surface area (Å²) in [4.78, 5) is 26.6. The highest BCUT2D eigenvalue weighted by molar-refractivity contribution is 6.05. The van der Waals surface area contributed by atoms with E-state index in [0.717, 1.165) is 11.1 Å². The Bertz CT molecular complexity index is 1060. The molecule has 0 aromatic heterocycles. The summed E-state index contributed by atoms with van der Waals surface area (Å²) in [5, 5.41) is 2.89. The summed E-state index contributed by atoms with van der Waals surface area (Å²) in [7, 11) is 0. The zero-order valence-corrected chi connectivity index (χ0v) is 16.4. The van der Waals surface area contributed by atoms with Crippen molar-refractivity contribution in [2.24, 2.45) is 0 Å². The highest BCUT2D eigenvalue weighted by Crippen LogP contribution is 2.35. The fourth-order valence-corrected chi connectivity index (χ4v) is 3.24. The molecule has 0 radical (unpaired) electrons. The van der Waals surface area contributed by atoms with Gasteiger partial charge >= 0.3 is 0 Å². The number of aryl methyl sites for hydroxylation is 2. The molecule has 5 heteroatoms. The molecule has 1 aliphatic rings. The minimum Gasteiger partial charge on any atom is -0.481 e. The lowest BCUT2D eigenvalue weighted by molar-refractivity contribution is -0.121. The molecule has 0 bridgehead atoms. The van der Waals surface area contributed by atoms with Gasteiger partial charge in [-0.05, 0) is 43.7 Å². The Balaban J connectivity index is 1.54. The maximum atomic E-state index is 12.5. The third kappa shape index (κ3) is 4.14. The van der Waals surface area contributed by atoms with E-state index in [1.54, 1.807) is 29.2 Å². The number of benzene rings is 3. The van der Waals surface area contributed by atoms with Crippen LogP contribution >= 0.6 is 0 Å². The predicted molar refractivity (Wildman–Crippen MR) is 113 cm³/mol. The van der Waals surface area contributed by atoms with Crippen LogP contribution in [0.15, 0.2) is 66.7 Å². The summed E-state index contributed by atoms with van der Waals surface area (Å²) in [6, 6.07) is 20.9. The number of nitrogens with one attached hydrogen (secondary N) is 1. The van der Waals surface area contributed by atoms with Gasteiger partial charge in [0.2, 0.25) is 0 Å². The quantitative estimate of drug-likeness (QED) is 0.719. The van der Waals surface area contributed by atoms with E-state index in [-0.39, 0.29) is 18.4 Å². The lowest BCUT2D eigenvalue weighted by Crippen LogP contribution is -2.38. The zero-order valence-electron chi connectivity index (χ0n) is 16.4. The Morgan fingerprint density at radius 3 is 2.31 bits per heavy atom. The SMILES string of the molecule is Cc1ccc(CN2C(=O)COc3cc(NC(=O)c4ccc(C)cc4)ccc32)cc1. The molecule has 0 fully saturated rings. The van der Waals surface area contributed by atoms with Crippen molar-refractivity contribution in [1.82, 2.24) is 0 Å². The minimum atomic E-state index is -0.187. The van der Waals surface area contributed by atoms with Gasteiger partial charge in [0.1, 0.15) is 5.75 Å². The van der Waals surface area contributed by atoms with Gasteiger partial charge in [0.15, 0.2) is 6.61 Å². The van der Waals surface area contributed by atoms with Gasteiger partial charge in [-0.15, -0.1) is 0 Å². The van der Waals surface area contributed by atoms with Crippen LogP contribution < -0.4 is 15.0 Å². The summed E-state index contributed by atoms with van der Waals surface area (Å²) < 4.78 is 5.62. The van der Waals surface area contributed by atoms with Crippen LogP contribution in [0.25, 0.3) is 0 Å². The van der Waals surface area contributed by atoms with Crippen molar-refractivity contribution >= 4 is 23.2 Å². The molecule has 29 heavy (non-hydrogen) atoms. The minimum absolute atomic E-state index is 0.0196. The van der Waals surface area contributed by atoms with E-state index in [1.165, 1.54) is 5.56 Å². The van der Waals surface area contributed by atoms with Crippen LogP contribution in [-0.2, 0) is 11.3 Å². The second-order valence-electron chi connectivity index (χ2n) is 7.26. The summed E-state index contributed by atoms with van der Waals surface area (Å²) in [6.07, 6.45) is 0. The van der Waals surface area contributed by atoms with Gasteiger partial charge in [-0.3, -0.25) is 9.59 Å². The fraction of sp³-hybridized carbons (Fsp3) is 0.167. The van der Waals surface area contributed by atoms with Crippen LogP contribution in [-0.4, -0.2) is 18.4 Å². The predicted octanol–water partition coefficient (Wildman–Crippen LogP) is 4.48. The van der Waals surface area contributed by atoms with Gasteiger partial charge < -0.3 is 15.0 Å². The van der Waals surface area contributed by atoms with Gasteiger partial charge in [-0.25, -0.2) is 0 Å². The largest absolute Gasteiger partial charge is 0.481 e. The lowest BCUT2D eigenvalue weighted by atomic mass is 10.1. The Labute approximate surface area is 169 Å². The average Bonchev–Trinajstić information content (AvgIpc) is 2.72. The number of hydrogen-bond acceptors (Lipinski definition) is 3. The molecule has 0 aliphatic carbocycles. The highest BCUT2D eigenvalue weighted by atomic mass is 16.5. The molecule has 0 saturated carbocycles. The zero-order chi connectivity index (χ0) is 20.4. The van der Waals surface area contributed by atoms with Crippen LogP contribution in [0.4, 0.5) is 11.4 Å². The third-order valence-corrected chi connectivity index (χ3v) is 4.94. The second-order valence-corrected chi connectivity index (χ2v) is 7.26. The Kier molecular flexibility index (Phi) is 5.04. The average molecular weight is 386 g/mol. The first-order valence-electron chi connectivity index (χ1n) is 9.50. The Morgan fingerprint density at radius 2 is 1.62 bits per heavy atom. The van der Waals surface area contributed by atoms with Crippen molar-refractivity contribution in [3.8, 4) is 5.75 Å². The molecule has 2 amide bonds. The smallest absolute Gasteiger partial charge is 0.265 e. The van der Waals surface area contributed by atoms with Crippen LogP contribution in [0.1, 0.15) is 27.0 Å². The number of nitrogens with zero attached hydrogens (tertiary/aromatic N) is 1. The molecule has 5 nitrogen and oxygen atoms in total. The number of anilines is 2. The standard InChI is InChI=1S/C24H22N2O3/c1-16-3-7-18(8-4-16)14-26-21-12-11-20(13-22(21)29-15-23(26)27)25-24(28)19-9-5-17(2)6-10-19/h3-13H,14-15H2,1-2H3,(H,25,28). The summed E-state index contributed by atoms with van der Waals surface area (Å²) >= 11 is 0. The van der Waals surface area contributed by atoms with E-state index < -0.39 is 0 Å². The first kappa shape index (κ1) is 18.7. The van der Waals surface area contributed by atoms with Crippen LogP contribution in [0.3, 0.4) is 0 Å². The monoisotopic (exact) mass is 386 g/mol. The Hall–Kier alpha value is -3.60. The molecule has 0 atom stereocenters. The number of carbonyl (C=O) groups excluding carboxylic acids is 2. The van der Waals surface area contributed by atoms with Gasteiger partial charge in [0, 0.05) is 17.3 Å². The molecule has 1 heterocycles. The number of hydrogen-bond donors (Lipinski definition) is 1. The van der Waals surface area contributed by atoms with Gasteiger partial charge in [-0.1, -0.05) is 47.5 Å². The molecule has 1 aliphatic heterocycles. The number of amides is 2. The summed E-state index contributed by atoms with van der Waals surface area (Å²) in [5.41, 5.74) is 5.24. The summed E-state index contributed by atoms with van der Waals surface area (Å²) in [5.74, 6) is 0.307. The molecule has 0 unspecified atom stereocenters. The van der Waals surface area contributed by atoms with E-state index >= 15 is 0 Å². The molecular formula is C24H22N2O3. The van der Waals surface area contributed by atoms with Gasteiger partial charge in [0.05, 0.1) is 12.2 Å². The van der Waals surface area contributed by atoms with Crippen molar-refractivity contribution in [3.63, 3.8) is 0 Å². The normalized spacial score (nSPS) is 12.9. The molecule has 3 aromatic carbocycles. The van der Waals surface area contributed by atoms with Gasteiger partial charge in [0.25, 0.3) is 11.8 Å². The van der Waals surface area contributed by atoms with E-state index in [2.05, 4.69) is 5.32 Å². The molecule has 0 spiro atoms. The van der Waals surface area contributed by atoms with Crippen molar-refractivity contribution < 1.29 is 14.3 Å². The van der Waals surface area contributed by atoms with Crippen LogP contribution in [0, 0.1) is 13.8 Å². The first-order valence-corrected chi connectivity index (χ1v) is 9.50. The molecule has 3 aromatic rings. The van der Waals surface area contributed by atoms with Crippen molar-refractivity contribution in [2.75, 3.05) is 16.8 Å². The molecule has 4 rings (SSSR count). The molecule has 146 valence electrons. The maximum Gasteiger partial charge on any atom is 0.265 e. The first-order chi connectivity index (χ1) is 14.0. The van der Waals surface area contributed by atoms with E-state index in [9.17, 15) is 9.59 Å². The van der Waals surface area contributed by atoms with Gasteiger partial charge in [-0.2, -0.15) is 0 Å². The summed E-state index contributed by atoms with van der Waals surface area (Å²) in [6.45, 7) is 4.47. The van der Waals surface area contributed by atoms with Crippen molar-refractivity contribution in [2.45, 2.75) is 20.4 Å². The number of ether oxygens (including phenoxy) is 1. The topological polar surface area (TPSA) is 58.6 Å².